The summed E-state index contributed by atoms with van der Waals surface area (Å²) in [5.74, 6) is -0.423. The van der Waals surface area contributed by atoms with Crippen LogP contribution in [0.2, 0.25) is 0 Å². The molecule has 1 aromatic heterocycles. The SMILES string of the molecule is O=C1NCC2(CCN(Cc3cc(=O)c4cccc(F)c4[nH]3)CC2)O1. The maximum Gasteiger partial charge on any atom is 0.407 e. The van der Waals surface area contributed by atoms with Crippen LogP contribution in [-0.4, -0.2) is 41.2 Å². The van der Waals surface area contributed by atoms with Crippen molar-refractivity contribution in [1.29, 1.82) is 0 Å². The van der Waals surface area contributed by atoms with Gasteiger partial charge in [0.25, 0.3) is 0 Å². The van der Waals surface area contributed by atoms with Gasteiger partial charge in [0.2, 0.25) is 0 Å². The molecule has 7 heteroatoms. The van der Waals surface area contributed by atoms with E-state index in [1.54, 1.807) is 6.07 Å². The molecule has 2 N–H and O–H groups in total. The highest BCUT2D eigenvalue weighted by Crippen LogP contribution is 2.29. The molecule has 6 nitrogen and oxygen atoms in total. The van der Waals surface area contributed by atoms with Crippen molar-refractivity contribution >= 4 is 17.0 Å². The summed E-state index contributed by atoms with van der Waals surface area (Å²) in [7, 11) is 0. The molecule has 0 atom stereocenters. The van der Waals surface area contributed by atoms with Gasteiger partial charge in [-0.15, -0.1) is 0 Å². The standard InChI is InChI=1S/C17H18FN3O3/c18-13-3-1-2-12-14(22)8-11(20-15(12)13)9-21-6-4-17(5-7-21)10-19-16(23)24-17/h1-3,8H,4-7,9-10H2,(H,19,23)(H,20,22). The number of halogens is 1. The van der Waals surface area contributed by atoms with Crippen LogP contribution in [0, 0.1) is 5.82 Å². The third-order valence-corrected chi connectivity index (χ3v) is 4.90. The quantitative estimate of drug-likeness (QED) is 0.879. The molecule has 0 bridgehead atoms. The Balaban J connectivity index is 1.50. The van der Waals surface area contributed by atoms with Crippen LogP contribution < -0.4 is 10.7 Å². The molecule has 24 heavy (non-hydrogen) atoms. The van der Waals surface area contributed by atoms with Crippen LogP contribution in [-0.2, 0) is 11.3 Å². The highest BCUT2D eigenvalue weighted by atomic mass is 19.1. The zero-order chi connectivity index (χ0) is 16.7. The van der Waals surface area contributed by atoms with Crippen LogP contribution in [0.3, 0.4) is 0 Å². The van der Waals surface area contributed by atoms with Crippen molar-refractivity contribution in [3.63, 3.8) is 0 Å². The summed E-state index contributed by atoms with van der Waals surface area (Å²) >= 11 is 0. The highest BCUT2D eigenvalue weighted by molar-refractivity contribution is 5.78. The Labute approximate surface area is 137 Å². The first kappa shape index (κ1) is 15.1. The van der Waals surface area contributed by atoms with Gasteiger partial charge in [-0.1, -0.05) is 6.07 Å². The number of aromatic nitrogens is 1. The Bertz CT molecular complexity index is 856. The number of alkyl carbamates (subject to hydrolysis) is 1. The molecule has 2 saturated heterocycles. The number of piperidine rings is 1. The Kier molecular flexibility index (Phi) is 3.53. The third-order valence-electron chi connectivity index (χ3n) is 4.90. The lowest BCUT2D eigenvalue weighted by Gasteiger charge is -2.37. The smallest absolute Gasteiger partial charge is 0.407 e. The van der Waals surface area contributed by atoms with Gasteiger partial charge in [0, 0.05) is 49.6 Å². The molecule has 4 rings (SSSR count). The summed E-state index contributed by atoms with van der Waals surface area (Å²) in [6.45, 7) is 2.60. The van der Waals surface area contributed by atoms with Crippen LogP contribution in [0.25, 0.3) is 10.9 Å². The van der Waals surface area contributed by atoms with Crippen molar-refractivity contribution in [1.82, 2.24) is 15.2 Å². The zero-order valence-corrected chi connectivity index (χ0v) is 13.1. The lowest BCUT2D eigenvalue weighted by atomic mass is 9.91. The van der Waals surface area contributed by atoms with Crippen LogP contribution in [0.1, 0.15) is 18.5 Å². The topological polar surface area (TPSA) is 74.4 Å². The lowest BCUT2D eigenvalue weighted by molar-refractivity contribution is -0.00127. The first-order valence-corrected chi connectivity index (χ1v) is 8.04. The molecule has 0 radical (unpaired) electrons. The van der Waals surface area contributed by atoms with Crippen LogP contribution in [0.5, 0.6) is 0 Å². The van der Waals surface area contributed by atoms with E-state index in [2.05, 4.69) is 15.2 Å². The second kappa shape index (κ2) is 5.59. The normalized spacial score (nSPS) is 20.3. The van der Waals surface area contributed by atoms with E-state index in [4.69, 9.17) is 4.74 Å². The molecule has 0 saturated carbocycles. The molecule has 126 valence electrons. The van der Waals surface area contributed by atoms with E-state index in [9.17, 15) is 14.0 Å². The number of rotatable bonds is 2. The van der Waals surface area contributed by atoms with E-state index in [1.807, 2.05) is 0 Å². The van der Waals surface area contributed by atoms with Crippen LogP contribution >= 0.6 is 0 Å². The minimum absolute atomic E-state index is 0.180. The summed E-state index contributed by atoms with van der Waals surface area (Å²) in [5, 5.41) is 3.07. The molecule has 2 aliphatic heterocycles. The van der Waals surface area contributed by atoms with Crippen molar-refractivity contribution in [3.8, 4) is 0 Å². The van der Waals surface area contributed by atoms with Crippen molar-refractivity contribution in [2.75, 3.05) is 19.6 Å². The molecule has 1 aromatic carbocycles. The second-order valence-electron chi connectivity index (χ2n) is 6.52. The van der Waals surface area contributed by atoms with Crippen LogP contribution in [0.15, 0.2) is 29.1 Å². The van der Waals surface area contributed by atoms with Crippen LogP contribution in [0.4, 0.5) is 9.18 Å². The highest BCUT2D eigenvalue weighted by Gasteiger charge is 2.42. The third kappa shape index (κ3) is 2.65. The van der Waals surface area contributed by atoms with Gasteiger partial charge in [0.1, 0.15) is 11.4 Å². The molecular weight excluding hydrogens is 313 g/mol. The van der Waals surface area contributed by atoms with Gasteiger partial charge in [-0.2, -0.15) is 0 Å². The number of benzene rings is 1. The number of likely N-dealkylation sites (tertiary alicyclic amines) is 1. The molecule has 0 unspecified atom stereocenters. The number of carbonyl (C=O) groups is 1. The van der Waals surface area contributed by atoms with E-state index in [-0.39, 0.29) is 17.0 Å². The predicted octanol–water partition coefficient (Wildman–Crippen LogP) is 1.74. The van der Waals surface area contributed by atoms with Crippen molar-refractivity contribution in [2.45, 2.75) is 25.0 Å². The van der Waals surface area contributed by atoms with Gasteiger partial charge in [-0.05, 0) is 12.1 Å². The summed E-state index contributed by atoms with van der Waals surface area (Å²) in [4.78, 5) is 28.6. The van der Waals surface area contributed by atoms with E-state index in [0.29, 0.717) is 24.2 Å². The largest absolute Gasteiger partial charge is 0.441 e. The number of carbonyl (C=O) groups excluding carboxylic acids is 1. The average Bonchev–Trinajstić information content (AvgIpc) is 2.92. The summed E-state index contributed by atoms with van der Waals surface area (Å²) in [6, 6.07) is 6.03. The Morgan fingerprint density at radius 3 is 2.75 bits per heavy atom. The van der Waals surface area contributed by atoms with Gasteiger partial charge in [-0.3, -0.25) is 9.69 Å². The van der Waals surface area contributed by atoms with Crippen molar-refractivity contribution < 1.29 is 13.9 Å². The number of aromatic amines is 1. The molecule has 1 amide bonds. The number of hydrogen-bond acceptors (Lipinski definition) is 4. The number of nitrogens with zero attached hydrogens (tertiary/aromatic N) is 1. The minimum Gasteiger partial charge on any atom is -0.441 e. The van der Waals surface area contributed by atoms with Gasteiger partial charge in [0.15, 0.2) is 5.43 Å². The average molecular weight is 331 g/mol. The summed E-state index contributed by atoms with van der Waals surface area (Å²) in [6.07, 6.45) is 1.15. The maximum atomic E-state index is 13.9. The number of ether oxygens (including phenoxy) is 1. The fourth-order valence-corrected chi connectivity index (χ4v) is 3.51. The number of nitrogens with one attached hydrogen (secondary N) is 2. The number of amides is 1. The molecule has 1 spiro atoms. The number of pyridine rings is 1. The number of fused-ring (bicyclic) bond motifs is 1. The predicted molar refractivity (Wildman–Crippen MR) is 86.3 cm³/mol. The fourth-order valence-electron chi connectivity index (χ4n) is 3.51. The van der Waals surface area contributed by atoms with E-state index >= 15 is 0 Å². The molecule has 0 aliphatic carbocycles. The van der Waals surface area contributed by atoms with Gasteiger partial charge >= 0.3 is 6.09 Å². The Morgan fingerprint density at radius 1 is 1.25 bits per heavy atom. The monoisotopic (exact) mass is 331 g/mol. The lowest BCUT2D eigenvalue weighted by Crippen LogP contribution is -2.46. The Hall–Kier alpha value is -2.41. The fraction of sp³-hybridized carbons (Fsp3) is 0.412. The Morgan fingerprint density at radius 2 is 2.04 bits per heavy atom. The summed E-state index contributed by atoms with van der Waals surface area (Å²) < 4.78 is 19.3. The van der Waals surface area contributed by atoms with Crippen molar-refractivity contribution in [3.05, 3.63) is 46.0 Å². The minimum atomic E-state index is -0.423. The molecule has 2 fully saturated rings. The number of H-pyrrole nitrogens is 1. The molecular formula is C17H18FN3O3. The van der Waals surface area contributed by atoms with Gasteiger partial charge in [0.05, 0.1) is 12.1 Å². The number of hydrogen-bond donors (Lipinski definition) is 2. The molecule has 3 heterocycles. The second-order valence-corrected chi connectivity index (χ2v) is 6.52. The summed E-state index contributed by atoms with van der Waals surface area (Å²) in [5.41, 5.74) is 0.370. The maximum absolute atomic E-state index is 13.9. The molecule has 2 aromatic rings. The first-order chi connectivity index (χ1) is 11.5. The first-order valence-electron chi connectivity index (χ1n) is 8.04. The molecule has 2 aliphatic rings. The van der Waals surface area contributed by atoms with Gasteiger partial charge in [-0.25, -0.2) is 9.18 Å². The zero-order valence-electron chi connectivity index (χ0n) is 13.1. The number of para-hydroxylation sites is 1. The van der Waals surface area contributed by atoms with E-state index < -0.39 is 11.4 Å². The van der Waals surface area contributed by atoms with E-state index in [1.165, 1.54) is 18.2 Å². The van der Waals surface area contributed by atoms with Gasteiger partial charge < -0.3 is 15.0 Å². The van der Waals surface area contributed by atoms with Crippen molar-refractivity contribution in [2.24, 2.45) is 0 Å². The van der Waals surface area contributed by atoms with E-state index in [0.717, 1.165) is 25.9 Å².